The number of fused-ring (bicyclic) bond motifs is 1. The Balaban J connectivity index is 1.77. The van der Waals surface area contributed by atoms with E-state index in [1.165, 1.54) is 11.3 Å². The zero-order chi connectivity index (χ0) is 23.5. The van der Waals surface area contributed by atoms with Crippen LogP contribution >= 0.6 is 11.3 Å². The van der Waals surface area contributed by atoms with Gasteiger partial charge >= 0.3 is 0 Å². The summed E-state index contributed by atoms with van der Waals surface area (Å²) in [6.07, 6.45) is 1.72. The third kappa shape index (κ3) is 4.42. The van der Waals surface area contributed by atoms with Crippen LogP contribution in [0.2, 0.25) is 0 Å². The smallest absolute Gasteiger partial charge is 0.266 e. The molecule has 0 bridgehead atoms. The molecular weight excluding hydrogens is 446 g/mol. The molecule has 172 valence electrons. The summed E-state index contributed by atoms with van der Waals surface area (Å²) in [5.41, 5.74) is 3.27. The lowest BCUT2D eigenvalue weighted by Crippen LogP contribution is -2.40. The maximum absolute atomic E-state index is 13.6. The average Bonchev–Trinajstić information content (AvgIpc) is 3.26. The molecule has 0 radical (unpaired) electrons. The molecule has 0 aliphatic carbocycles. The van der Waals surface area contributed by atoms with Crippen molar-refractivity contribution in [3.8, 4) is 22.6 Å². The van der Waals surface area contributed by atoms with Crippen molar-refractivity contribution in [1.82, 2.24) is 19.8 Å². The van der Waals surface area contributed by atoms with Gasteiger partial charge in [-0.15, -0.1) is 11.3 Å². The molecule has 0 spiro atoms. The summed E-state index contributed by atoms with van der Waals surface area (Å²) in [5.74, 6) is 0.583. The first-order valence-electron chi connectivity index (χ1n) is 11.1. The lowest BCUT2D eigenvalue weighted by atomic mass is 10.1. The first-order chi connectivity index (χ1) is 16.6. The van der Waals surface area contributed by atoms with E-state index >= 15 is 0 Å². The van der Waals surface area contributed by atoms with Crippen molar-refractivity contribution in [3.63, 3.8) is 0 Å². The van der Waals surface area contributed by atoms with Crippen LogP contribution in [0.1, 0.15) is 9.67 Å². The molecule has 4 aromatic rings. The van der Waals surface area contributed by atoms with Crippen LogP contribution in [0.5, 0.6) is 0 Å². The van der Waals surface area contributed by atoms with Crippen LogP contribution in [0.25, 0.3) is 32.9 Å². The van der Waals surface area contributed by atoms with Crippen molar-refractivity contribution in [2.45, 2.75) is 0 Å². The molecule has 1 amide bonds. The maximum atomic E-state index is 13.6. The van der Waals surface area contributed by atoms with Crippen LogP contribution in [-0.2, 0) is 4.74 Å². The normalized spacial score (nSPS) is 14.1. The van der Waals surface area contributed by atoms with E-state index in [-0.39, 0.29) is 5.91 Å². The van der Waals surface area contributed by atoms with E-state index in [9.17, 15) is 4.79 Å². The summed E-state index contributed by atoms with van der Waals surface area (Å²) in [4.78, 5) is 33.2. The summed E-state index contributed by atoms with van der Waals surface area (Å²) in [5, 5.41) is 0.797. The molecule has 5 rings (SSSR count). The molecule has 2 aromatic carbocycles. The number of ether oxygens (including phenoxy) is 1. The molecule has 8 heteroatoms. The quantitative estimate of drug-likeness (QED) is 0.311. The van der Waals surface area contributed by atoms with Crippen molar-refractivity contribution in [2.24, 2.45) is 4.99 Å². The van der Waals surface area contributed by atoms with Gasteiger partial charge in [-0.05, 0) is 0 Å². The van der Waals surface area contributed by atoms with Crippen LogP contribution in [-0.4, -0.2) is 72.4 Å². The molecule has 0 atom stereocenters. The topological polar surface area (TPSA) is 70.9 Å². The van der Waals surface area contributed by atoms with Gasteiger partial charge < -0.3 is 14.5 Å². The number of aromatic nitrogens is 2. The second-order valence-corrected chi connectivity index (χ2v) is 9.20. The minimum atomic E-state index is -0.0440. The molecule has 1 saturated heterocycles. The van der Waals surface area contributed by atoms with Crippen LogP contribution in [0, 0.1) is 0 Å². The third-order valence-corrected chi connectivity index (χ3v) is 6.58. The Morgan fingerprint density at radius 1 is 1.00 bits per heavy atom. The fourth-order valence-corrected chi connectivity index (χ4v) is 4.95. The summed E-state index contributed by atoms with van der Waals surface area (Å²) in [7, 11) is 3.81. The number of amides is 1. The van der Waals surface area contributed by atoms with Crippen LogP contribution in [0.3, 0.4) is 0 Å². The van der Waals surface area contributed by atoms with E-state index in [1.807, 2.05) is 84.6 Å². The lowest BCUT2D eigenvalue weighted by molar-refractivity contribution is 0.0306. The SMILES string of the molecule is CN(C)C=Nc1c(C(=O)N2CCOCC2)sc2nc(-c3ccccc3)nc(-c3ccccc3)c12. The van der Waals surface area contributed by atoms with Crippen molar-refractivity contribution in [1.29, 1.82) is 0 Å². The van der Waals surface area contributed by atoms with Gasteiger partial charge in [-0.1, -0.05) is 60.7 Å². The van der Waals surface area contributed by atoms with Crippen LogP contribution in [0.15, 0.2) is 65.7 Å². The summed E-state index contributed by atoms with van der Waals surface area (Å²) >= 11 is 1.38. The van der Waals surface area contributed by atoms with Gasteiger partial charge in [-0.25, -0.2) is 15.0 Å². The number of thiophene rings is 1. The molecule has 3 heterocycles. The third-order valence-electron chi connectivity index (χ3n) is 5.52. The van der Waals surface area contributed by atoms with Crippen molar-refractivity contribution in [3.05, 3.63) is 65.5 Å². The highest BCUT2D eigenvalue weighted by Crippen LogP contribution is 2.43. The number of carbonyl (C=O) groups is 1. The van der Waals surface area contributed by atoms with Gasteiger partial charge in [0.25, 0.3) is 5.91 Å². The number of hydrogen-bond donors (Lipinski definition) is 0. The van der Waals surface area contributed by atoms with Crippen molar-refractivity contribution < 1.29 is 9.53 Å². The monoisotopic (exact) mass is 471 g/mol. The van der Waals surface area contributed by atoms with Crippen molar-refractivity contribution >= 4 is 39.5 Å². The highest BCUT2D eigenvalue weighted by molar-refractivity contribution is 7.21. The fourth-order valence-electron chi connectivity index (χ4n) is 3.86. The average molecular weight is 472 g/mol. The standard InChI is InChI=1S/C26H25N5O2S/c1-30(2)17-27-22-20-21(18-9-5-3-6-10-18)28-24(19-11-7-4-8-12-19)29-25(20)34-23(22)26(32)31-13-15-33-16-14-31/h3-12,17H,13-16H2,1-2H3. The number of aliphatic imine (C=N–C) groups is 1. The fraction of sp³-hybridized carbons (Fsp3) is 0.231. The molecule has 0 unspecified atom stereocenters. The van der Waals surface area contributed by atoms with E-state index in [0.29, 0.717) is 42.7 Å². The Hall–Kier alpha value is -3.62. The molecule has 7 nitrogen and oxygen atoms in total. The number of morpholine rings is 1. The summed E-state index contributed by atoms with van der Waals surface area (Å²) in [6, 6.07) is 19.9. The van der Waals surface area contributed by atoms with E-state index in [2.05, 4.69) is 0 Å². The van der Waals surface area contributed by atoms with Crippen molar-refractivity contribution in [2.75, 3.05) is 40.4 Å². The van der Waals surface area contributed by atoms with E-state index in [0.717, 1.165) is 27.0 Å². The van der Waals surface area contributed by atoms with E-state index in [4.69, 9.17) is 19.7 Å². The predicted octanol–water partition coefficient (Wildman–Crippen LogP) is 4.72. The Morgan fingerprint density at radius 2 is 1.65 bits per heavy atom. The molecule has 2 aromatic heterocycles. The van der Waals surface area contributed by atoms with Crippen LogP contribution < -0.4 is 0 Å². The lowest BCUT2D eigenvalue weighted by Gasteiger charge is -2.26. The molecule has 0 saturated carbocycles. The van der Waals surface area contributed by atoms with Gasteiger partial charge in [0.2, 0.25) is 0 Å². The van der Waals surface area contributed by atoms with Gasteiger partial charge in [0.05, 0.1) is 30.6 Å². The Bertz CT molecular complexity index is 1330. The molecule has 0 N–H and O–H groups in total. The zero-order valence-corrected chi connectivity index (χ0v) is 20.0. The van der Waals surface area contributed by atoms with Gasteiger partial charge in [-0.2, -0.15) is 0 Å². The number of carbonyl (C=O) groups excluding carboxylic acids is 1. The number of hydrogen-bond acceptors (Lipinski definition) is 6. The second-order valence-electron chi connectivity index (χ2n) is 8.20. The van der Waals surface area contributed by atoms with Crippen LogP contribution in [0.4, 0.5) is 5.69 Å². The van der Waals surface area contributed by atoms with E-state index < -0.39 is 0 Å². The predicted molar refractivity (Wildman–Crippen MR) is 137 cm³/mol. The molecular formula is C26H25N5O2S. The highest BCUT2D eigenvalue weighted by atomic mass is 32.1. The molecule has 1 fully saturated rings. The first kappa shape index (κ1) is 22.2. The Morgan fingerprint density at radius 3 is 2.29 bits per heavy atom. The maximum Gasteiger partial charge on any atom is 0.266 e. The minimum absolute atomic E-state index is 0.0440. The second kappa shape index (κ2) is 9.70. The molecule has 1 aliphatic heterocycles. The number of rotatable bonds is 5. The zero-order valence-electron chi connectivity index (χ0n) is 19.1. The number of benzene rings is 2. The van der Waals surface area contributed by atoms with Gasteiger partial charge in [0.1, 0.15) is 15.4 Å². The Kier molecular flexibility index (Phi) is 6.33. The first-order valence-corrected chi connectivity index (χ1v) is 12.0. The number of nitrogens with zero attached hydrogens (tertiary/aromatic N) is 5. The van der Waals surface area contributed by atoms with Gasteiger partial charge in [0.15, 0.2) is 5.82 Å². The summed E-state index contributed by atoms with van der Waals surface area (Å²) in [6.45, 7) is 2.22. The van der Waals surface area contributed by atoms with Gasteiger partial charge in [-0.3, -0.25) is 4.79 Å². The molecule has 1 aliphatic rings. The largest absolute Gasteiger partial charge is 0.378 e. The Labute approximate surface area is 202 Å². The highest BCUT2D eigenvalue weighted by Gasteiger charge is 2.28. The minimum Gasteiger partial charge on any atom is -0.378 e. The van der Waals surface area contributed by atoms with E-state index in [1.54, 1.807) is 6.34 Å². The summed E-state index contributed by atoms with van der Waals surface area (Å²) < 4.78 is 5.45. The molecule has 34 heavy (non-hydrogen) atoms. The van der Waals surface area contributed by atoms with Gasteiger partial charge in [0, 0.05) is 38.3 Å².